The molecule has 3 atom stereocenters. The fraction of sp³-hybridized carbons (Fsp3) is 0.500. The van der Waals surface area contributed by atoms with Crippen molar-refractivity contribution in [1.29, 1.82) is 0 Å². The molecule has 1 aromatic rings. The Balaban J connectivity index is 2.04. The first-order valence-electron chi connectivity index (χ1n) is 8.07. The smallest absolute Gasteiger partial charge is 0.409 e. The number of amides is 1. The number of ether oxygens (including phenoxy) is 3. The Morgan fingerprint density at radius 1 is 1.25 bits per heavy atom. The predicted octanol–water partition coefficient (Wildman–Crippen LogP) is 2.31. The number of rotatable bonds is 4. The van der Waals surface area contributed by atoms with E-state index in [9.17, 15) is 9.90 Å². The summed E-state index contributed by atoms with van der Waals surface area (Å²) in [6, 6.07) is 5.64. The summed E-state index contributed by atoms with van der Waals surface area (Å²) in [5.74, 6) is 1.35. The summed E-state index contributed by atoms with van der Waals surface area (Å²) in [5, 5.41) is 10.1. The van der Waals surface area contributed by atoms with Crippen molar-refractivity contribution in [2.45, 2.75) is 25.0 Å². The Morgan fingerprint density at radius 3 is 2.67 bits per heavy atom. The molecule has 130 valence electrons. The molecule has 0 bridgehead atoms. The van der Waals surface area contributed by atoms with Crippen molar-refractivity contribution >= 4 is 11.7 Å². The Kier molecular flexibility index (Phi) is 4.66. The highest BCUT2D eigenvalue weighted by Crippen LogP contribution is 2.44. The van der Waals surface area contributed by atoms with E-state index in [0.29, 0.717) is 24.5 Å². The summed E-state index contributed by atoms with van der Waals surface area (Å²) in [5.41, 5.74) is 1.85. The van der Waals surface area contributed by atoms with Crippen molar-refractivity contribution in [1.82, 2.24) is 4.90 Å². The molecule has 0 aromatic heterocycles. The molecule has 3 rings (SSSR count). The van der Waals surface area contributed by atoms with Crippen molar-refractivity contribution in [3.05, 3.63) is 29.8 Å². The fourth-order valence-electron chi connectivity index (χ4n) is 3.62. The first kappa shape index (κ1) is 16.6. The molecule has 0 radical (unpaired) electrons. The lowest BCUT2D eigenvalue weighted by Crippen LogP contribution is -2.38. The molecule has 1 fully saturated rings. The number of likely N-dealkylation sites (N-methyl/N-ethyl adjacent to an activating group) is 1. The molecule has 0 spiro atoms. The van der Waals surface area contributed by atoms with E-state index in [1.807, 2.05) is 24.3 Å². The zero-order valence-corrected chi connectivity index (χ0v) is 14.2. The second kappa shape index (κ2) is 6.73. The third-order valence-electron chi connectivity index (χ3n) is 4.89. The highest BCUT2D eigenvalue weighted by Gasteiger charge is 2.40. The number of benzene rings is 1. The van der Waals surface area contributed by atoms with Crippen LogP contribution in [0, 0.1) is 5.92 Å². The van der Waals surface area contributed by atoms with Gasteiger partial charge in [-0.15, -0.1) is 0 Å². The first-order chi connectivity index (χ1) is 11.6. The third kappa shape index (κ3) is 2.82. The van der Waals surface area contributed by atoms with Crippen molar-refractivity contribution in [2.24, 2.45) is 5.92 Å². The molecular formula is C18H23NO5. The zero-order chi connectivity index (χ0) is 17.3. The zero-order valence-electron chi connectivity index (χ0n) is 14.2. The number of aliphatic hydroxyl groups is 1. The lowest BCUT2D eigenvalue weighted by molar-refractivity contribution is 0.163. The van der Waals surface area contributed by atoms with Crippen LogP contribution < -0.4 is 9.47 Å². The Morgan fingerprint density at radius 2 is 2.04 bits per heavy atom. The minimum absolute atomic E-state index is 0.0489. The van der Waals surface area contributed by atoms with Gasteiger partial charge in [0, 0.05) is 18.5 Å². The maximum Gasteiger partial charge on any atom is 0.409 e. The molecule has 1 unspecified atom stereocenters. The van der Waals surface area contributed by atoms with E-state index in [1.54, 1.807) is 26.2 Å². The van der Waals surface area contributed by atoms with Gasteiger partial charge in [-0.25, -0.2) is 4.79 Å². The van der Waals surface area contributed by atoms with Crippen LogP contribution in [0.5, 0.6) is 11.5 Å². The summed E-state index contributed by atoms with van der Waals surface area (Å²) in [6.07, 6.45) is 2.50. The number of carbonyl (C=O) groups is 1. The van der Waals surface area contributed by atoms with Crippen LogP contribution in [0.25, 0.3) is 5.57 Å². The van der Waals surface area contributed by atoms with Gasteiger partial charge >= 0.3 is 6.09 Å². The average Bonchev–Trinajstić information content (AvgIpc) is 2.93. The highest BCUT2D eigenvalue weighted by molar-refractivity contribution is 5.77. The van der Waals surface area contributed by atoms with Crippen molar-refractivity contribution in [3.8, 4) is 11.5 Å². The van der Waals surface area contributed by atoms with Crippen LogP contribution in [-0.4, -0.2) is 56.1 Å². The van der Waals surface area contributed by atoms with Crippen LogP contribution in [0.3, 0.4) is 0 Å². The van der Waals surface area contributed by atoms with Crippen molar-refractivity contribution < 1.29 is 24.1 Å². The van der Waals surface area contributed by atoms with Crippen LogP contribution in [0.15, 0.2) is 24.3 Å². The van der Waals surface area contributed by atoms with Gasteiger partial charge in [0.15, 0.2) is 11.5 Å². The van der Waals surface area contributed by atoms with Gasteiger partial charge in [0.05, 0.1) is 26.4 Å². The van der Waals surface area contributed by atoms with Gasteiger partial charge in [-0.2, -0.15) is 0 Å². The van der Waals surface area contributed by atoms with Crippen LogP contribution in [-0.2, 0) is 4.74 Å². The van der Waals surface area contributed by atoms with Gasteiger partial charge in [-0.05, 0) is 24.5 Å². The van der Waals surface area contributed by atoms with E-state index in [4.69, 9.17) is 14.2 Å². The second-order valence-electron chi connectivity index (χ2n) is 6.17. The fourth-order valence-corrected chi connectivity index (χ4v) is 3.62. The van der Waals surface area contributed by atoms with Gasteiger partial charge in [0.1, 0.15) is 6.61 Å². The minimum atomic E-state index is -0.504. The van der Waals surface area contributed by atoms with Crippen LogP contribution >= 0.6 is 0 Å². The summed E-state index contributed by atoms with van der Waals surface area (Å²) in [7, 11) is 4.95. The molecule has 1 aliphatic carbocycles. The van der Waals surface area contributed by atoms with E-state index in [1.165, 1.54) is 0 Å². The van der Waals surface area contributed by atoms with Gasteiger partial charge in [-0.3, -0.25) is 0 Å². The quantitative estimate of drug-likeness (QED) is 0.916. The van der Waals surface area contributed by atoms with E-state index in [-0.39, 0.29) is 18.1 Å². The maximum absolute atomic E-state index is 11.7. The number of carbonyl (C=O) groups excluding carboxylic acids is 1. The van der Waals surface area contributed by atoms with E-state index in [2.05, 4.69) is 0 Å². The molecular weight excluding hydrogens is 310 g/mol. The molecule has 6 heteroatoms. The number of cyclic esters (lactones) is 1. The Labute approximate surface area is 141 Å². The van der Waals surface area contributed by atoms with E-state index in [0.717, 1.165) is 17.6 Å². The number of hydrogen-bond donors (Lipinski definition) is 1. The van der Waals surface area contributed by atoms with E-state index < -0.39 is 6.10 Å². The average molecular weight is 333 g/mol. The molecule has 1 heterocycles. The SMILES string of the molecule is COc1cccc(C2=C[C@H](O)CC[C@H]2C2COC(=O)N2C)c1OC. The summed E-state index contributed by atoms with van der Waals surface area (Å²) in [6.45, 7) is 0.361. The first-order valence-corrected chi connectivity index (χ1v) is 8.07. The van der Waals surface area contributed by atoms with Gasteiger partial charge in [0.25, 0.3) is 0 Å². The predicted molar refractivity (Wildman–Crippen MR) is 89.2 cm³/mol. The van der Waals surface area contributed by atoms with Crippen LogP contribution in [0.4, 0.5) is 4.79 Å². The van der Waals surface area contributed by atoms with Crippen molar-refractivity contribution in [2.75, 3.05) is 27.9 Å². The molecule has 1 aromatic carbocycles. The lowest BCUT2D eigenvalue weighted by atomic mass is 9.78. The molecule has 24 heavy (non-hydrogen) atoms. The molecule has 1 saturated heterocycles. The summed E-state index contributed by atoms with van der Waals surface area (Å²) >= 11 is 0. The van der Waals surface area contributed by atoms with Gasteiger partial charge in [-0.1, -0.05) is 18.2 Å². The third-order valence-corrected chi connectivity index (χ3v) is 4.89. The van der Waals surface area contributed by atoms with Gasteiger partial charge < -0.3 is 24.2 Å². The lowest BCUT2D eigenvalue weighted by Gasteiger charge is -2.33. The number of aliphatic hydroxyl groups excluding tert-OH is 1. The minimum Gasteiger partial charge on any atom is -0.493 e. The number of hydrogen-bond acceptors (Lipinski definition) is 5. The topological polar surface area (TPSA) is 68.2 Å². The molecule has 0 saturated carbocycles. The largest absolute Gasteiger partial charge is 0.493 e. The maximum atomic E-state index is 11.7. The normalized spacial score (nSPS) is 26.8. The summed E-state index contributed by atoms with van der Waals surface area (Å²) < 4.78 is 16.1. The molecule has 2 aliphatic rings. The van der Waals surface area contributed by atoms with Gasteiger partial charge in [0.2, 0.25) is 0 Å². The number of nitrogens with zero attached hydrogens (tertiary/aromatic N) is 1. The van der Waals surface area contributed by atoms with Crippen LogP contribution in [0.2, 0.25) is 0 Å². The number of methoxy groups -OCH3 is 2. The Hall–Kier alpha value is -2.21. The summed E-state index contributed by atoms with van der Waals surface area (Å²) in [4.78, 5) is 13.4. The number of para-hydroxylation sites is 1. The second-order valence-corrected chi connectivity index (χ2v) is 6.17. The highest BCUT2D eigenvalue weighted by atomic mass is 16.6. The molecule has 1 amide bonds. The standard InChI is InChI=1S/C18H23NO5/c1-19-15(10-24-18(19)21)12-8-7-11(20)9-14(12)13-5-4-6-16(22-2)17(13)23-3/h4-6,9,11-12,15,20H,7-8,10H2,1-3H3/t11-,12-,15?/m1/s1. The van der Waals surface area contributed by atoms with Crippen molar-refractivity contribution in [3.63, 3.8) is 0 Å². The molecule has 1 N–H and O–H groups in total. The molecule has 6 nitrogen and oxygen atoms in total. The Bertz CT molecular complexity index is 657. The molecule has 1 aliphatic heterocycles. The van der Waals surface area contributed by atoms with Crippen LogP contribution in [0.1, 0.15) is 18.4 Å². The van der Waals surface area contributed by atoms with E-state index >= 15 is 0 Å². The monoisotopic (exact) mass is 333 g/mol.